The molecule has 4 fully saturated rings. The molecule has 0 bridgehead atoms. The Morgan fingerprint density at radius 2 is 0.717 bits per heavy atom. The van der Waals surface area contributed by atoms with Gasteiger partial charge in [-0.3, -0.25) is 14.4 Å². The second-order valence-corrected chi connectivity index (χ2v) is 20.9. The minimum atomic E-state index is -0.529. The zero-order chi connectivity index (χ0) is 41.7. The third-order valence-electron chi connectivity index (χ3n) is 9.97. The van der Waals surface area contributed by atoms with Crippen molar-refractivity contribution in [3.05, 3.63) is 15.6 Å². The van der Waals surface area contributed by atoms with Crippen molar-refractivity contribution in [1.82, 2.24) is 30.7 Å². The number of halogens is 1. The van der Waals surface area contributed by atoms with Crippen LogP contribution in [0.4, 0.5) is 0 Å². The van der Waals surface area contributed by atoms with E-state index in [1.54, 1.807) is 0 Å². The number of carbonyl (C=O) groups is 3. The van der Waals surface area contributed by atoms with Gasteiger partial charge in [0.2, 0.25) is 0 Å². The summed E-state index contributed by atoms with van der Waals surface area (Å²) in [6.45, 7) is 31.0. The number of hydroxylamine groups is 6. The molecule has 0 atom stereocenters. The fourth-order valence-corrected chi connectivity index (χ4v) is 8.61. The van der Waals surface area contributed by atoms with Crippen molar-refractivity contribution in [3.63, 3.8) is 0 Å². The van der Waals surface area contributed by atoms with Gasteiger partial charge in [-0.25, -0.2) is 0 Å². The van der Waals surface area contributed by atoms with Crippen LogP contribution in [0.25, 0.3) is 0 Å². The van der Waals surface area contributed by atoms with E-state index in [4.69, 9.17) is 0 Å². The van der Waals surface area contributed by atoms with Gasteiger partial charge in [-0.2, -0.15) is 0 Å². The van der Waals surface area contributed by atoms with Crippen molar-refractivity contribution >= 4 is 29.8 Å². The van der Waals surface area contributed by atoms with E-state index in [2.05, 4.69) is 57.3 Å². The molecule has 0 unspecified atom stereocenters. The third-order valence-corrected chi connectivity index (χ3v) is 9.97. The van der Waals surface area contributed by atoms with Gasteiger partial charge in [-0.1, -0.05) is 0 Å². The molecular weight excluding hydrogens is 696 g/mol. The molecule has 0 aromatic carbocycles. The average molecular weight is 777 g/mol. The molecule has 4 heterocycles. The monoisotopic (exact) mass is 776 g/mol. The molecule has 0 saturated carbocycles. The summed E-state index contributed by atoms with van der Waals surface area (Å²) in [6.07, 6.45) is 4.73. The summed E-state index contributed by atoms with van der Waals surface area (Å²) in [7, 11) is 7.94. The van der Waals surface area contributed by atoms with Crippen LogP contribution < -0.4 is 10.6 Å². The van der Waals surface area contributed by atoms with Gasteiger partial charge >= 0.3 is 0 Å². The highest BCUT2D eigenvalue weighted by Crippen LogP contribution is 2.39. The third kappa shape index (κ3) is 16.9. The van der Waals surface area contributed by atoms with Crippen LogP contribution in [0.1, 0.15) is 162 Å². The van der Waals surface area contributed by atoms with Gasteiger partial charge in [0.05, 0.1) is 0 Å². The van der Waals surface area contributed by atoms with E-state index in [1.165, 1.54) is 5.06 Å². The number of nitrogens with zero attached hydrogens (tertiary/aromatic N) is 4. The molecule has 12 nitrogen and oxygen atoms in total. The number of carbonyl (C=O) groups excluding carboxylic acids is 3. The predicted molar refractivity (Wildman–Crippen MR) is 223 cm³/mol. The van der Waals surface area contributed by atoms with Crippen LogP contribution in [0.5, 0.6) is 0 Å². The summed E-state index contributed by atoms with van der Waals surface area (Å²) >= 11 is 0. The lowest BCUT2D eigenvalue weighted by Gasteiger charge is -2.60. The largest absolute Gasteiger partial charge is 0.784 e. The average Bonchev–Trinajstić information content (AvgIpc) is 2.87. The van der Waals surface area contributed by atoms with E-state index in [0.717, 1.165) is 23.0 Å². The normalized spacial score (nSPS) is 26.8. The molecule has 4 rings (SSSR count). The van der Waals surface area contributed by atoms with Crippen molar-refractivity contribution in [2.24, 2.45) is 0 Å². The minimum absolute atomic E-state index is 0. The summed E-state index contributed by atoms with van der Waals surface area (Å²) in [4.78, 5) is 36.0. The Morgan fingerprint density at radius 1 is 0.509 bits per heavy atom. The van der Waals surface area contributed by atoms with Gasteiger partial charge < -0.3 is 46.3 Å². The Bertz CT molecular complexity index is 1080. The molecule has 53 heavy (non-hydrogen) atoms. The highest BCUT2D eigenvalue weighted by Gasteiger charge is 2.42. The lowest BCUT2D eigenvalue weighted by atomic mass is 9.78. The number of rotatable bonds is 1. The SMILES string of the molecule is CC1(C)CC(=O)CC(C)(C)N1.CC1(C)CC(=O)CC(C)(C)N1[O-].CC1(C)CC(=O)CC(C)(C)N1[O-].CN(C)C1CC(C)(C)N([O-])C(C)(C)C1.CNC.Cl. The maximum absolute atomic E-state index is 12.0. The lowest BCUT2D eigenvalue weighted by molar-refractivity contribution is -0.131. The number of hydrogen-bond donors (Lipinski definition) is 2. The molecule has 4 aliphatic rings. The van der Waals surface area contributed by atoms with Crippen LogP contribution in [-0.2, 0) is 14.4 Å². The van der Waals surface area contributed by atoms with Crippen LogP contribution in [0.2, 0.25) is 0 Å². The van der Waals surface area contributed by atoms with Gasteiger partial charge in [0.25, 0.3) is 0 Å². The standard InChI is InChI=1S/C11H23N2O.2C9H16NO2.C9H17NO.C2H7N.ClH/c1-10(2)7-9(12(5)6)8-11(3,4)13(10)14;2*1-8(2)5-7(11)6-9(3,4)10(8)12;1-8(2)5-7(11)6-9(3,4)10-8;1-3-2;/h9H,7-8H2,1-6H3;2*5-6H2,1-4H3;10H,5-6H2,1-4H3;3H,1-2H3;1H/q3*-1;;;. The molecule has 4 saturated heterocycles. The van der Waals surface area contributed by atoms with Crippen LogP contribution in [0, 0.1) is 15.6 Å². The van der Waals surface area contributed by atoms with E-state index in [-0.39, 0.29) is 46.1 Å². The lowest BCUT2D eigenvalue weighted by Crippen LogP contribution is -2.61. The second-order valence-electron chi connectivity index (χ2n) is 20.9. The molecular formula is C40H80ClN6O6-3. The maximum Gasteiger partial charge on any atom is 0.136 e. The first kappa shape index (κ1) is 54.0. The van der Waals surface area contributed by atoms with E-state index < -0.39 is 22.2 Å². The molecule has 0 aliphatic carbocycles. The number of Topliss-reactive ketones (excluding diaryl/α,β-unsaturated/α-hetero) is 3. The summed E-state index contributed by atoms with van der Waals surface area (Å²) in [5, 5.41) is 45.0. The van der Waals surface area contributed by atoms with Gasteiger partial charge in [0.15, 0.2) is 0 Å². The highest BCUT2D eigenvalue weighted by molar-refractivity contribution is 5.85. The second kappa shape index (κ2) is 19.4. The maximum atomic E-state index is 12.0. The summed E-state index contributed by atoms with van der Waals surface area (Å²) < 4.78 is 0. The van der Waals surface area contributed by atoms with Crippen molar-refractivity contribution in [3.8, 4) is 0 Å². The van der Waals surface area contributed by atoms with Crippen LogP contribution >= 0.6 is 12.4 Å². The van der Waals surface area contributed by atoms with Gasteiger partial charge in [-0.15, -0.1) is 12.4 Å². The number of hydrogen-bond acceptors (Lipinski definition) is 12. The van der Waals surface area contributed by atoms with Crippen molar-refractivity contribution in [2.75, 3.05) is 28.2 Å². The quantitative estimate of drug-likeness (QED) is 0.276. The molecule has 0 radical (unpaired) electrons. The first-order chi connectivity index (χ1) is 22.9. The molecule has 316 valence electrons. The number of ketones is 3. The molecule has 2 N–H and O–H groups in total. The minimum Gasteiger partial charge on any atom is -0.784 e. The molecule has 4 aliphatic heterocycles. The Labute approximate surface area is 330 Å². The van der Waals surface area contributed by atoms with Gasteiger partial charge in [0, 0.05) is 88.9 Å². The zero-order valence-corrected chi connectivity index (χ0v) is 38.2. The van der Waals surface area contributed by atoms with E-state index >= 15 is 0 Å². The van der Waals surface area contributed by atoms with E-state index in [0.29, 0.717) is 50.4 Å². The zero-order valence-electron chi connectivity index (χ0n) is 37.4. The smallest absolute Gasteiger partial charge is 0.136 e. The summed E-state index contributed by atoms with van der Waals surface area (Å²) in [5.41, 5.74) is -2.62. The van der Waals surface area contributed by atoms with Crippen molar-refractivity contribution < 1.29 is 14.4 Å². The van der Waals surface area contributed by atoms with Crippen molar-refractivity contribution in [1.29, 1.82) is 0 Å². The van der Waals surface area contributed by atoms with Gasteiger partial charge in [0.1, 0.15) is 17.3 Å². The highest BCUT2D eigenvalue weighted by atomic mass is 35.5. The molecule has 0 aromatic rings. The molecule has 0 spiro atoms. The van der Waals surface area contributed by atoms with Crippen LogP contribution in [-0.4, -0.2) is 116 Å². The first-order valence-electron chi connectivity index (χ1n) is 18.9. The van der Waals surface area contributed by atoms with Crippen LogP contribution in [0.3, 0.4) is 0 Å². The molecule has 0 amide bonds. The topological polar surface area (TPSA) is 157 Å². The van der Waals surface area contributed by atoms with Crippen LogP contribution in [0.15, 0.2) is 0 Å². The first-order valence-corrected chi connectivity index (χ1v) is 18.9. The number of piperidine rings is 4. The Balaban J connectivity index is 0. The Kier molecular flexibility index (Phi) is 19.8. The molecule has 0 aromatic heterocycles. The fourth-order valence-electron chi connectivity index (χ4n) is 8.61. The summed E-state index contributed by atoms with van der Waals surface area (Å²) in [5.74, 6) is 0.757. The van der Waals surface area contributed by atoms with Crippen molar-refractivity contribution in [2.45, 2.75) is 212 Å². The van der Waals surface area contributed by atoms with E-state index in [1.807, 2.05) is 97.2 Å². The van der Waals surface area contributed by atoms with Gasteiger partial charge in [-0.05, 0) is 152 Å². The number of nitrogens with one attached hydrogen (secondary N) is 2. The fraction of sp³-hybridized carbons (Fsp3) is 0.925. The molecule has 13 heteroatoms. The predicted octanol–water partition coefficient (Wildman–Crippen LogP) is 7.23. The summed E-state index contributed by atoms with van der Waals surface area (Å²) in [6, 6.07) is 0.519. The van der Waals surface area contributed by atoms with E-state index in [9.17, 15) is 30.0 Å². The Hall–Kier alpha value is -1.06. The Morgan fingerprint density at radius 3 is 0.925 bits per heavy atom.